The van der Waals surface area contributed by atoms with Crippen molar-refractivity contribution in [1.82, 2.24) is 0 Å². The Kier molecular flexibility index (Phi) is 4.68. The van der Waals surface area contributed by atoms with Gasteiger partial charge >= 0.3 is 0 Å². The normalized spacial score (nSPS) is 13.5. The fourth-order valence-corrected chi connectivity index (χ4v) is 2.84. The molecule has 110 valence electrons. The molecule has 3 N–H and O–H groups in total. The molecule has 1 atom stereocenters. The molecule has 2 aromatic rings. The topological polar surface area (TPSA) is 55.1 Å². The molecule has 0 saturated heterocycles. The smallest absolute Gasteiger partial charge is 0.247 e. The molecule has 0 heterocycles. The van der Waals surface area contributed by atoms with Crippen molar-refractivity contribution in [3.8, 4) is 0 Å². The molecule has 0 spiro atoms. The molecule has 2 rings (SSSR count). The Hall–Kier alpha value is -1.81. The Balaban J connectivity index is 2.53. The number of hydrogen-bond acceptors (Lipinski definition) is 2. The van der Waals surface area contributed by atoms with Crippen molar-refractivity contribution in [2.24, 2.45) is 5.73 Å². The van der Waals surface area contributed by atoms with Crippen molar-refractivity contribution in [3.63, 3.8) is 0 Å². The second-order valence-electron chi connectivity index (χ2n) is 5.07. The Morgan fingerprint density at radius 2 is 1.95 bits per heavy atom. The first-order valence-electron chi connectivity index (χ1n) is 6.89. The molecule has 21 heavy (non-hydrogen) atoms. The van der Waals surface area contributed by atoms with Gasteiger partial charge in [-0.3, -0.25) is 4.79 Å². The lowest BCUT2D eigenvalue weighted by Gasteiger charge is -2.33. The number of amides is 1. The van der Waals surface area contributed by atoms with Gasteiger partial charge in [-0.05, 0) is 42.7 Å². The van der Waals surface area contributed by atoms with E-state index in [1.54, 1.807) is 0 Å². The number of aryl methyl sites for hydroxylation is 1. The third-order valence-corrected chi connectivity index (χ3v) is 4.25. The number of hydrogen-bond donors (Lipinski definition) is 2. The first-order chi connectivity index (χ1) is 9.99. The number of anilines is 1. The van der Waals surface area contributed by atoms with Crippen molar-refractivity contribution in [2.75, 3.05) is 5.32 Å². The van der Waals surface area contributed by atoms with Gasteiger partial charge in [-0.15, -0.1) is 0 Å². The molecule has 0 saturated carbocycles. The minimum absolute atomic E-state index is 0.383. The molecule has 1 amide bonds. The lowest BCUT2D eigenvalue weighted by molar-refractivity contribution is -0.122. The Morgan fingerprint density at radius 3 is 2.52 bits per heavy atom. The van der Waals surface area contributed by atoms with Crippen molar-refractivity contribution >= 4 is 27.5 Å². The fourth-order valence-electron chi connectivity index (χ4n) is 2.44. The zero-order valence-electron chi connectivity index (χ0n) is 12.2. The Morgan fingerprint density at radius 1 is 1.24 bits per heavy atom. The van der Waals surface area contributed by atoms with E-state index in [2.05, 4.69) is 21.2 Å². The third kappa shape index (κ3) is 3.10. The van der Waals surface area contributed by atoms with Crippen molar-refractivity contribution < 1.29 is 4.79 Å². The van der Waals surface area contributed by atoms with Gasteiger partial charge < -0.3 is 11.1 Å². The number of benzene rings is 2. The van der Waals surface area contributed by atoms with E-state index in [-0.39, 0.29) is 5.91 Å². The largest absolute Gasteiger partial charge is 0.367 e. The van der Waals surface area contributed by atoms with Gasteiger partial charge in [0.15, 0.2) is 0 Å². The molecular formula is C17H19BrN2O. The average Bonchev–Trinajstić information content (AvgIpc) is 2.46. The number of primary amides is 1. The molecule has 0 bridgehead atoms. The van der Waals surface area contributed by atoms with Crippen molar-refractivity contribution in [1.29, 1.82) is 0 Å². The maximum Gasteiger partial charge on any atom is 0.247 e. The van der Waals surface area contributed by atoms with Gasteiger partial charge in [0, 0.05) is 10.2 Å². The fraction of sp³-hybridized carbons (Fsp3) is 0.235. The third-order valence-electron chi connectivity index (χ3n) is 3.76. The van der Waals surface area contributed by atoms with Gasteiger partial charge in [-0.1, -0.05) is 53.2 Å². The molecule has 0 radical (unpaired) electrons. The van der Waals surface area contributed by atoms with E-state index < -0.39 is 5.54 Å². The standard InChI is InChI=1S/C17H19BrN2O/c1-3-17(16(19)21,13-8-6-9-14(18)11-13)20-15-10-5-4-7-12(15)2/h4-11,20H,3H2,1-2H3,(H2,19,21). The minimum atomic E-state index is -0.921. The van der Waals surface area contributed by atoms with E-state index in [0.717, 1.165) is 21.3 Å². The van der Waals surface area contributed by atoms with E-state index in [1.165, 1.54) is 0 Å². The van der Waals surface area contributed by atoms with Crippen LogP contribution >= 0.6 is 15.9 Å². The van der Waals surface area contributed by atoms with Crippen LogP contribution in [0.4, 0.5) is 5.69 Å². The summed E-state index contributed by atoms with van der Waals surface area (Å²) < 4.78 is 0.922. The molecule has 0 fully saturated rings. The van der Waals surface area contributed by atoms with E-state index in [9.17, 15) is 4.79 Å². The van der Waals surface area contributed by atoms with Crippen LogP contribution in [0.25, 0.3) is 0 Å². The van der Waals surface area contributed by atoms with E-state index in [0.29, 0.717) is 6.42 Å². The predicted octanol–water partition coefficient (Wildman–Crippen LogP) is 3.96. The van der Waals surface area contributed by atoms with Crippen LogP contribution in [0, 0.1) is 6.92 Å². The summed E-state index contributed by atoms with van der Waals surface area (Å²) in [6.07, 6.45) is 0.563. The molecular weight excluding hydrogens is 328 g/mol. The van der Waals surface area contributed by atoms with Gasteiger partial charge in [-0.2, -0.15) is 0 Å². The zero-order valence-corrected chi connectivity index (χ0v) is 13.8. The average molecular weight is 347 g/mol. The first-order valence-corrected chi connectivity index (χ1v) is 7.68. The number of rotatable bonds is 5. The number of nitrogens with two attached hydrogens (primary N) is 1. The molecule has 0 aromatic heterocycles. The van der Waals surface area contributed by atoms with Crippen LogP contribution in [-0.2, 0) is 10.3 Å². The molecule has 2 aromatic carbocycles. The summed E-state index contributed by atoms with van der Waals surface area (Å²) in [6.45, 7) is 3.96. The summed E-state index contributed by atoms with van der Waals surface area (Å²) in [5.41, 5.74) is 7.67. The molecule has 1 unspecified atom stereocenters. The lowest BCUT2D eigenvalue weighted by Crippen LogP contribution is -2.47. The van der Waals surface area contributed by atoms with Gasteiger partial charge in [0.25, 0.3) is 0 Å². The summed E-state index contributed by atoms with van der Waals surface area (Å²) in [5.74, 6) is -0.383. The van der Waals surface area contributed by atoms with Crippen molar-refractivity contribution in [2.45, 2.75) is 25.8 Å². The van der Waals surface area contributed by atoms with Crippen LogP contribution < -0.4 is 11.1 Å². The molecule has 0 aliphatic rings. The zero-order chi connectivity index (χ0) is 15.5. The maximum absolute atomic E-state index is 12.2. The van der Waals surface area contributed by atoms with Crippen LogP contribution in [-0.4, -0.2) is 5.91 Å². The Bertz CT molecular complexity index is 657. The SMILES string of the molecule is CCC(Nc1ccccc1C)(C(N)=O)c1cccc(Br)c1. The van der Waals surface area contributed by atoms with Crippen LogP contribution in [0.3, 0.4) is 0 Å². The first kappa shape index (κ1) is 15.6. The predicted molar refractivity (Wildman–Crippen MR) is 90.1 cm³/mol. The lowest BCUT2D eigenvalue weighted by atomic mass is 9.86. The van der Waals surface area contributed by atoms with E-state index in [1.807, 2.05) is 62.4 Å². The van der Waals surface area contributed by atoms with Gasteiger partial charge in [-0.25, -0.2) is 0 Å². The van der Waals surface area contributed by atoms with Crippen molar-refractivity contribution in [3.05, 3.63) is 64.1 Å². The molecule has 0 aliphatic heterocycles. The van der Waals surface area contributed by atoms with Crippen LogP contribution in [0.2, 0.25) is 0 Å². The summed E-state index contributed by atoms with van der Waals surface area (Å²) in [6, 6.07) is 15.6. The van der Waals surface area contributed by atoms with Gasteiger partial charge in [0.1, 0.15) is 5.54 Å². The van der Waals surface area contributed by atoms with E-state index >= 15 is 0 Å². The number of carbonyl (C=O) groups is 1. The van der Waals surface area contributed by atoms with Crippen LogP contribution in [0.5, 0.6) is 0 Å². The van der Waals surface area contributed by atoms with E-state index in [4.69, 9.17) is 5.73 Å². The van der Waals surface area contributed by atoms with Crippen LogP contribution in [0.1, 0.15) is 24.5 Å². The maximum atomic E-state index is 12.2. The summed E-state index contributed by atoms with van der Waals surface area (Å²) in [7, 11) is 0. The number of carbonyl (C=O) groups excluding carboxylic acids is 1. The number of nitrogens with one attached hydrogen (secondary N) is 1. The number of para-hydroxylation sites is 1. The second-order valence-corrected chi connectivity index (χ2v) is 5.99. The monoisotopic (exact) mass is 346 g/mol. The highest BCUT2D eigenvalue weighted by atomic mass is 79.9. The highest BCUT2D eigenvalue weighted by molar-refractivity contribution is 9.10. The highest BCUT2D eigenvalue weighted by Crippen LogP contribution is 2.32. The molecule has 0 aliphatic carbocycles. The summed E-state index contributed by atoms with van der Waals surface area (Å²) in [4.78, 5) is 12.2. The Labute approximate surface area is 133 Å². The quantitative estimate of drug-likeness (QED) is 0.860. The molecule has 4 heteroatoms. The summed E-state index contributed by atoms with van der Waals surface area (Å²) in [5, 5.41) is 3.36. The highest BCUT2D eigenvalue weighted by Gasteiger charge is 2.37. The van der Waals surface area contributed by atoms with Gasteiger partial charge in [0.05, 0.1) is 0 Å². The minimum Gasteiger partial charge on any atom is -0.367 e. The number of halogens is 1. The summed E-state index contributed by atoms with van der Waals surface area (Å²) >= 11 is 3.45. The molecule has 3 nitrogen and oxygen atoms in total. The second kappa shape index (κ2) is 6.31. The van der Waals surface area contributed by atoms with Crippen LogP contribution in [0.15, 0.2) is 53.0 Å². The van der Waals surface area contributed by atoms with Gasteiger partial charge in [0.2, 0.25) is 5.91 Å².